The van der Waals surface area contributed by atoms with E-state index in [0.717, 1.165) is 18.4 Å². The van der Waals surface area contributed by atoms with Gasteiger partial charge in [0.25, 0.3) is 0 Å². The highest BCUT2D eigenvalue weighted by Gasteiger charge is 2.69. The number of aliphatic hydroxyl groups excluding tert-OH is 2. The molecule has 37 heavy (non-hydrogen) atoms. The number of ether oxygens (including phenoxy) is 1. The summed E-state index contributed by atoms with van der Waals surface area (Å²) in [7, 11) is 0. The molecule has 7 heteroatoms. The van der Waals surface area contributed by atoms with Crippen molar-refractivity contribution in [3.8, 4) is 0 Å². The quantitative estimate of drug-likeness (QED) is 0.331. The van der Waals surface area contributed by atoms with Crippen LogP contribution in [0.2, 0.25) is 0 Å². The number of ketones is 1. The summed E-state index contributed by atoms with van der Waals surface area (Å²) in [5.74, 6) is -0.736. The van der Waals surface area contributed by atoms with Gasteiger partial charge >= 0.3 is 0 Å². The summed E-state index contributed by atoms with van der Waals surface area (Å²) < 4.78 is 6.19. The smallest absolute Gasteiger partial charge is 0.159 e. The number of aliphatic hydroxyl groups is 5. The SMILES string of the molecule is CCCO[C@H](CCC(C)(C)O)[C@](C)(O)C1CC[C@@]2(O)C3=CC(=O)C4C[C@@H](O)[C@@H](O)CC4(C)C3CCC12C. The Morgan fingerprint density at radius 3 is 2.38 bits per heavy atom. The minimum Gasteiger partial charge on any atom is -0.390 e. The lowest BCUT2D eigenvalue weighted by Crippen LogP contribution is -2.63. The van der Waals surface area contributed by atoms with Gasteiger partial charge in [-0.2, -0.15) is 0 Å². The van der Waals surface area contributed by atoms with Crippen molar-refractivity contribution in [3.63, 3.8) is 0 Å². The molecule has 0 bridgehead atoms. The highest BCUT2D eigenvalue weighted by Crippen LogP contribution is 2.68. The van der Waals surface area contributed by atoms with Crippen LogP contribution in [-0.2, 0) is 9.53 Å². The van der Waals surface area contributed by atoms with E-state index in [0.29, 0.717) is 45.1 Å². The Balaban J connectivity index is 1.68. The summed E-state index contributed by atoms with van der Waals surface area (Å²) >= 11 is 0. The van der Waals surface area contributed by atoms with Gasteiger partial charge in [0, 0.05) is 17.9 Å². The average molecular weight is 523 g/mol. The van der Waals surface area contributed by atoms with Crippen molar-refractivity contribution in [2.75, 3.05) is 6.61 Å². The van der Waals surface area contributed by atoms with E-state index in [2.05, 4.69) is 6.92 Å². The third-order valence-corrected chi connectivity index (χ3v) is 11.0. The van der Waals surface area contributed by atoms with Gasteiger partial charge in [-0.15, -0.1) is 0 Å². The standard InChI is InChI=1S/C30H50O7/c1-7-14-37-25(10-11-26(2,3)34)29(6,35)24-9-13-30(36)19-15-21(31)20-16-22(32)23(33)17-27(20,4)18(19)8-12-28(24,30)5/h15,18,20,22-25,32-36H,7-14,16-17H2,1-6H3/t18?,20?,22-,23+,24?,25-,27?,28?,29-,30-/m1/s1. The maximum absolute atomic E-state index is 13.4. The molecule has 4 aliphatic carbocycles. The zero-order chi connectivity index (χ0) is 27.6. The summed E-state index contributed by atoms with van der Waals surface area (Å²) in [5, 5.41) is 55.7. The van der Waals surface area contributed by atoms with E-state index in [4.69, 9.17) is 4.74 Å². The van der Waals surface area contributed by atoms with Crippen molar-refractivity contribution >= 4 is 5.78 Å². The molecule has 0 aliphatic heterocycles. The summed E-state index contributed by atoms with van der Waals surface area (Å²) in [6, 6.07) is 0. The fourth-order valence-electron chi connectivity index (χ4n) is 8.82. The van der Waals surface area contributed by atoms with Crippen molar-refractivity contribution in [2.24, 2.45) is 28.6 Å². The Bertz CT molecular complexity index is 906. The Morgan fingerprint density at radius 1 is 1.08 bits per heavy atom. The first kappa shape index (κ1) is 29.2. The van der Waals surface area contributed by atoms with Gasteiger partial charge in [-0.05, 0) is 107 Å². The highest BCUT2D eigenvalue weighted by atomic mass is 16.5. The van der Waals surface area contributed by atoms with Crippen molar-refractivity contribution in [3.05, 3.63) is 11.6 Å². The molecule has 7 nitrogen and oxygen atoms in total. The molecular formula is C30H50O7. The number of rotatable bonds is 8. The predicted molar refractivity (Wildman–Crippen MR) is 141 cm³/mol. The minimum absolute atomic E-state index is 0.0542. The Morgan fingerprint density at radius 2 is 1.76 bits per heavy atom. The van der Waals surface area contributed by atoms with E-state index in [1.165, 1.54) is 0 Å². The number of carbonyl (C=O) groups excluding carboxylic acids is 1. The second kappa shape index (κ2) is 9.67. The largest absolute Gasteiger partial charge is 0.390 e. The molecule has 4 rings (SSSR count). The molecule has 0 aromatic carbocycles. The molecule has 4 aliphatic rings. The molecule has 0 heterocycles. The normalized spacial score (nSPS) is 44.4. The van der Waals surface area contributed by atoms with Gasteiger partial charge in [0.1, 0.15) is 0 Å². The molecule has 10 atom stereocenters. The second-order valence-electron chi connectivity index (χ2n) is 14.0. The van der Waals surface area contributed by atoms with Gasteiger partial charge in [-0.1, -0.05) is 20.8 Å². The Hall–Kier alpha value is -0.830. The predicted octanol–water partition coefficient (Wildman–Crippen LogP) is 3.29. The summed E-state index contributed by atoms with van der Waals surface area (Å²) in [5.41, 5.74) is -3.76. The van der Waals surface area contributed by atoms with Crippen LogP contribution >= 0.6 is 0 Å². The highest BCUT2D eigenvalue weighted by molar-refractivity contribution is 5.95. The molecule has 0 radical (unpaired) electrons. The monoisotopic (exact) mass is 522 g/mol. The molecule has 0 spiro atoms. The summed E-state index contributed by atoms with van der Waals surface area (Å²) in [4.78, 5) is 13.4. The zero-order valence-corrected chi connectivity index (χ0v) is 23.7. The topological polar surface area (TPSA) is 127 Å². The molecule has 0 aromatic heterocycles. The molecule has 5 unspecified atom stereocenters. The van der Waals surface area contributed by atoms with E-state index < -0.39 is 45.9 Å². The lowest BCUT2D eigenvalue weighted by Gasteiger charge is -2.60. The number of hydrogen-bond donors (Lipinski definition) is 5. The van der Waals surface area contributed by atoms with Crippen LogP contribution in [-0.4, -0.2) is 73.0 Å². The third-order valence-electron chi connectivity index (χ3n) is 11.0. The van der Waals surface area contributed by atoms with E-state index in [1.54, 1.807) is 19.9 Å². The average Bonchev–Trinajstić information content (AvgIpc) is 3.07. The van der Waals surface area contributed by atoms with Crippen LogP contribution in [0.25, 0.3) is 0 Å². The summed E-state index contributed by atoms with van der Waals surface area (Å²) in [6.07, 6.45) is 4.29. The van der Waals surface area contributed by atoms with Gasteiger partial charge < -0.3 is 30.3 Å². The van der Waals surface area contributed by atoms with Crippen molar-refractivity contribution in [1.82, 2.24) is 0 Å². The van der Waals surface area contributed by atoms with Gasteiger partial charge in [-0.25, -0.2) is 0 Å². The zero-order valence-electron chi connectivity index (χ0n) is 23.7. The molecule has 5 N–H and O–H groups in total. The Kier molecular flexibility index (Phi) is 7.62. The maximum atomic E-state index is 13.4. The van der Waals surface area contributed by atoms with Crippen LogP contribution < -0.4 is 0 Å². The molecule has 3 fully saturated rings. The van der Waals surface area contributed by atoms with E-state index >= 15 is 0 Å². The van der Waals surface area contributed by atoms with Crippen molar-refractivity contribution in [2.45, 2.75) is 134 Å². The van der Waals surface area contributed by atoms with Gasteiger partial charge in [0.2, 0.25) is 0 Å². The first-order valence-corrected chi connectivity index (χ1v) is 14.4. The molecular weight excluding hydrogens is 472 g/mol. The van der Waals surface area contributed by atoms with Crippen LogP contribution in [0.5, 0.6) is 0 Å². The van der Waals surface area contributed by atoms with E-state index in [-0.39, 0.29) is 30.0 Å². The lowest BCUT2D eigenvalue weighted by atomic mass is 9.45. The molecule has 0 aromatic rings. The molecule has 0 saturated heterocycles. The van der Waals surface area contributed by atoms with E-state index in [9.17, 15) is 30.3 Å². The van der Waals surface area contributed by atoms with Crippen molar-refractivity contribution in [1.29, 1.82) is 0 Å². The number of hydrogen-bond acceptors (Lipinski definition) is 7. The fraction of sp³-hybridized carbons (Fsp3) is 0.900. The minimum atomic E-state index is -1.24. The van der Waals surface area contributed by atoms with Crippen LogP contribution in [0.1, 0.15) is 99.3 Å². The second-order valence-corrected chi connectivity index (χ2v) is 14.0. The van der Waals surface area contributed by atoms with Crippen molar-refractivity contribution < 1.29 is 35.1 Å². The number of fused-ring (bicyclic) bond motifs is 5. The molecule has 212 valence electrons. The van der Waals surface area contributed by atoms with Gasteiger partial charge in [-0.3, -0.25) is 4.79 Å². The summed E-state index contributed by atoms with van der Waals surface area (Å²) in [6.45, 7) is 12.0. The fourth-order valence-corrected chi connectivity index (χ4v) is 8.82. The van der Waals surface area contributed by atoms with Crippen LogP contribution in [0.3, 0.4) is 0 Å². The van der Waals surface area contributed by atoms with E-state index in [1.807, 2.05) is 20.8 Å². The molecule has 3 saturated carbocycles. The molecule has 0 amide bonds. The first-order chi connectivity index (χ1) is 17.0. The third kappa shape index (κ3) is 4.66. The van der Waals surface area contributed by atoms with Crippen LogP contribution in [0.4, 0.5) is 0 Å². The van der Waals surface area contributed by atoms with Crippen LogP contribution in [0, 0.1) is 28.6 Å². The van der Waals surface area contributed by atoms with Gasteiger partial charge in [0.05, 0.1) is 35.1 Å². The number of allylic oxidation sites excluding steroid dienone is 1. The lowest BCUT2D eigenvalue weighted by molar-refractivity contribution is -0.186. The first-order valence-electron chi connectivity index (χ1n) is 14.4. The van der Waals surface area contributed by atoms with Gasteiger partial charge in [0.15, 0.2) is 5.78 Å². The number of carbonyl (C=O) groups is 1. The maximum Gasteiger partial charge on any atom is 0.159 e. The van der Waals surface area contributed by atoms with Crippen LogP contribution in [0.15, 0.2) is 11.6 Å². The Labute approximate surface area is 222 Å².